The Hall–Kier alpha value is -1.53. The van der Waals surface area contributed by atoms with Crippen molar-refractivity contribution in [3.05, 3.63) is 24.3 Å². The summed E-state index contributed by atoms with van der Waals surface area (Å²) in [4.78, 5) is 11.9. The van der Waals surface area contributed by atoms with Crippen LogP contribution in [-0.4, -0.2) is 140 Å². The molecule has 1 amide bonds. The van der Waals surface area contributed by atoms with E-state index in [0.29, 0.717) is 6.42 Å². The van der Waals surface area contributed by atoms with Gasteiger partial charge in [0.15, 0.2) is 12.6 Å². The van der Waals surface area contributed by atoms with Crippen molar-refractivity contribution in [2.24, 2.45) is 0 Å². The minimum absolute atomic E-state index is 0.324. The quantitative estimate of drug-likeness (QED) is 0.0362. The number of aliphatic hydroxyl groups is 8. The molecule has 0 aliphatic carbocycles. The van der Waals surface area contributed by atoms with Crippen LogP contribution in [0, 0.1) is 0 Å². The maximum atomic E-state index is 11.9. The van der Waals surface area contributed by atoms with Crippen LogP contribution in [0.25, 0.3) is 0 Å². The van der Waals surface area contributed by atoms with Gasteiger partial charge in [-0.3, -0.25) is 4.79 Å². The molecule has 2 aliphatic heterocycles. The van der Waals surface area contributed by atoms with E-state index < -0.39 is 92.7 Å². The first-order chi connectivity index (χ1) is 27.0. The second-order valence-electron chi connectivity index (χ2n) is 15.6. The molecular weight excluding hydrogens is 726 g/mol. The van der Waals surface area contributed by atoms with Crippen LogP contribution in [0.3, 0.4) is 0 Å². The minimum Gasteiger partial charge on any atom is -0.394 e. The van der Waals surface area contributed by atoms with Gasteiger partial charge in [-0.15, -0.1) is 0 Å². The van der Waals surface area contributed by atoms with Crippen molar-refractivity contribution in [3.8, 4) is 0 Å². The number of carbonyl (C=O) groups excluding carboxylic acids is 1. The highest BCUT2D eigenvalue weighted by atomic mass is 16.7. The van der Waals surface area contributed by atoms with Crippen molar-refractivity contribution < 1.29 is 64.6 Å². The Kier molecular flexibility index (Phi) is 27.6. The van der Waals surface area contributed by atoms with Gasteiger partial charge in [-0.05, 0) is 25.7 Å². The molecule has 9 N–H and O–H groups in total. The van der Waals surface area contributed by atoms with E-state index in [2.05, 4.69) is 24.4 Å². The zero-order valence-corrected chi connectivity index (χ0v) is 34.1. The van der Waals surface area contributed by atoms with E-state index in [0.717, 1.165) is 12.8 Å². The molecule has 2 fully saturated rings. The Morgan fingerprint density at radius 1 is 0.625 bits per heavy atom. The molecule has 2 aliphatic rings. The molecule has 2 rings (SSSR count). The van der Waals surface area contributed by atoms with E-state index in [1.807, 2.05) is 6.08 Å². The van der Waals surface area contributed by atoms with E-state index in [1.54, 1.807) is 6.08 Å². The Morgan fingerprint density at radius 2 is 1.11 bits per heavy atom. The third-order valence-corrected chi connectivity index (χ3v) is 10.7. The molecule has 12 unspecified atom stereocenters. The van der Waals surface area contributed by atoms with E-state index in [9.17, 15) is 45.6 Å². The summed E-state index contributed by atoms with van der Waals surface area (Å²) in [6, 6.07) is -0.928. The smallest absolute Gasteiger partial charge is 0.217 e. The lowest BCUT2D eigenvalue weighted by Gasteiger charge is -2.46. The average molecular weight is 804 g/mol. The Labute approximate surface area is 335 Å². The monoisotopic (exact) mass is 804 g/mol. The molecule has 0 bridgehead atoms. The summed E-state index contributed by atoms with van der Waals surface area (Å²) >= 11 is 0. The summed E-state index contributed by atoms with van der Waals surface area (Å²) in [5, 5.41) is 84.8. The standard InChI is InChI=1S/C42H77NO13/c1-3-4-5-6-7-8-9-10-11-12-13-14-15-16-17-18-19-20-21-22-23-24-25-26-32(47)31(43-30(2)46)29-53-41-39(52)37(50)40(34(28-45)55-41)56-42-38(51)36(49)35(48)33(27-44)54-42/h21-22,25-26,31-42,44-45,47-52H,3-20,23-24,27-29H2,1-2H3,(H,43,46)/b22-21+,26-25+. The van der Waals surface area contributed by atoms with E-state index in [1.165, 1.54) is 116 Å². The van der Waals surface area contributed by atoms with E-state index in [-0.39, 0.29) is 6.61 Å². The van der Waals surface area contributed by atoms with Gasteiger partial charge < -0.3 is 65.1 Å². The fourth-order valence-corrected chi connectivity index (χ4v) is 7.16. The van der Waals surface area contributed by atoms with Crippen LogP contribution in [0.5, 0.6) is 0 Å². The summed E-state index contributed by atoms with van der Waals surface area (Å²) in [6.45, 7) is 1.80. The number of carbonyl (C=O) groups is 1. The number of allylic oxidation sites excluding steroid dienone is 3. The first-order valence-electron chi connectivity index (χ1n) is 21.5. The Bertz CT molecular complexity index is 1050. The predicted octanol–water partition coefficient (Wildman–Crippen LogP) is 3.43. The molecule has 0 spiro atoms. The van der Waals surface area contributed by atoms with Gasteiger partial charge in [-0.2, -0.15) is 0 Å². The molecule has 14 nitrogen and oxygen atoms in total. The highest BCUT2D eigenvalue weighted by Crippen LogP contribution is 2.30. The summed E-state index contributed by atoms with van der Waals surface area (Å²) in [7, 11) is 0. The molecule has 328 valence electrons. The minimum atomic E-state index is -1.78. The maximum Gasteiger partial charge on any atom is 0.217 e. The molecule has 0 aromatic heterocycles. The lowest BCUT2D eigenvalue weighted by molar-refractivity contribution is -0.359. The van der Waals surface area contributed by atoms with Crippen molar-refractivity contribution in [3.63, 3.8) is 0 Å². The van der Waals surface area contributed by atoms with Crippen LogP contribution >= 0.6 is 0 Å². The molecule has 2 heterocycles. The van der Waals surface area contributed by atoms with Crippen molar-refractivity contribution >= 4 is 5.91 Å². The van der Waals surface area contributed by atoms with Gasteiger partial charge in [0.1, 0.15) is 48.8 Å². The van der Waals surface area contributed by atoms with Crippen LogP contribution < -0.4 is 5.32 Å². The lowest BCUT2D eigenvalue weighted by Crippen LogP contribution is -2.65. The first kappa shape index (κ1) is 50.6. The van der Waals surface area contributed by atoms with Crippen molar-refractivity contribution in [2.45, 2.75) is 216 Å². The van der Waals surface area contributed by atoms with Crippen LogP contribution in [-0.2, 0) is 23.7 Å². The zero-order chi connectivity index (χ0) is 41.1. The molecule has 56 heavy (non-hydrogen) atoms. The summed E-state index contributed by atoms with van der Waals surface area (Å²) in [6.07, 6.45) is 16.3. The number of amides is 1. The number of nitrogens with one attached hydrogen (secondary N) is 1. The molecule has 2 saturated heterocycles. The second-order valence-corrected chi connectivity index (χ2v) is 15.6. The molecular formula is C42H77NO13. The van der Waals surface area contributed by atoms with Gasteiger partial charge >= 0.3 is 0 Å². The topological polar surface area (TPSA) is 228 Å². The second kappa shape index (κ2) is 30.5. The molecule has 0 saturated carbocycles. The summed E-state index contributed by atoms with van der Waals surface area (Å²) in [5.74, 6) is -0.426. The molecule has 12 atom stereocenters. The number of hydrogen-bond donors (Lipinski definition) is 9. The van der Waals surface area contributed by atoms with Gasteiger partial charge in [0.25, 0.3) is 0 Å². The highest BCUT2D eigenvalue weighted by molar-refractivity contribution is 5.73. The summed E-state index contributed by atoms with van der Waals surface area (Å²) in [5.41, 5.74) is 0. The zero-order valence-electron chi connectivity index (χ0n) is 34.1. The van der Waals surface area contributed by atoms with Crippen molar-refractivity contribution in [2.75, 3.05) is 19.8 Å². The third-order valence-electron chi connectivity index (χ3n) is 10.7. The Morgan fingerprint density at radius 3 is 1.64 bits per heavy atom. The average Bonchev–Trinajstić information content (AvgIpc) is 3.18. The van der Waals surface area contributed by atoms with Gasteiger partial charge in [0, 0.05) is 6.92 Å². The molecule has 0 radical (unpaired) electrons. The largest absolute Gasteiger partial charge is 0.394 e. The number of unbranched alkanes of at least 4 members (excludes halogenated alkanes) is 18. The number of aliphatic hydroxyl groups excluding tert-OH is 8. The van der Waals surface area contributed by atoms with Crippen molar-refractivity contribution in [1.82, 2.24) is 5.32 Å². The maximum absolute atomic E-state index is 11.9. The van der Waals surface area contributed by atoms with Crippen LogP contribution in [0.2, 0.25) is 0 Å². The lowest BCUT2D eigenvalue weighted by atomic mass is 9.97. The fourth-order valence-electron chi connectivity index (χ4n) is 7.16. The summed E-state index contributed by atoms with van der Waals surface area (Å²) < 4.78 is 22.2. The van der Waals surface area contributed by atoms with Gasteiger partial charge in [-0.25, -0.2) is 0 Å². The normalized spacial score (nSPS) is 29.6. The highest BCUT2D eigenvalue weighted by Gasteiger charge is 2.50. The molecule has 14 heteroatoms. The van der Waals surface area contributed by atoms with Gasteiger partial charge in [0.05, 0.1) is 32.0 Å². The number of hydrogen-bond acceptors (Lipinski definition) is 13. The van der Waals surface area contributed by atoms with E-state index >= 15 is 0 Å². The van der Waals surface area contributed by atoms with Crippen molar-refractivity contribution in [1.29, 1.82) is 0 Å². The van der Waals surface area contributed by atoms with Gasteiger partial charge in [-0.1, -0.05) is 134 Å². The Balaban J connectivity index is 1.62. The predicted molar refractivity (Wildman–Crippen MR) is 212 cm³/mol. The van der Waals surface area contributed by atoms with E-state index in [4.69, 9.17) is 18.9 Å². The number of ether oxygens (including phenoxy) is 4. The van der Waals surface area contributed by atoms with Crippen LogP contribution in [0.1, 0.15) is 142 Å². The first-order valence-corrected chi connectivity index (χ1v) is 21.5. The molecule has 0 aromatic rings. The SMILES string of the molecule is CCCCCCCCCCCCCCCCCCC/C=C/CC/C=C/C(O)C(COC1OC(CO)C(OC2OC(CO)C(O)C(O)C2O)C(O)C1O)NC(C)=O. The third kappa shape index (κ3) is 19.5. The van der Waals surface area contributed by atoms with Crippen LogP contribution in [0.15, 0.2) is 24.3 Å². The van der Waals surface area contributed by atoms with Gasteiger partial charge in [0.2, 0.25) is 5.91 Å². The van der Waals surface area contributed by atoms with Crippen LogP contribution in [0.4, 0.5) is 0 Å². The fraction of sp³-hybridized carbons (Fsp3) is 0.881. The number of rotatable bonds is 31. The molecule has 0 aromatic carbocycles.